The number of nitrogens with one attached hydrogen (secondary N) is 1. The van der Waals surface area contributed by atoms with Gasteiger partial charge in [0.1, 0.15) is 0 Å². The molecule has 1 aromatic carbocycles. The number of anilines is 1. The summed E-state index contributed by atoms with van der Waals surface area (Å²) in [5.74, 6) is -0.0675. The molecule has 1 unspecified atom stereocenters. The van der Waals surface area contributed by atoms with Gasteiger partial charge < -0.3 is 10.4 Å². The van der Waals surface area contributed by atoms with Gasteiger partial charge in [0.15, 0.2) is 0 Å². The van der Waals surface area contributed by atoms with E-state index in [1.54, 1.807) is 0 Å². The van der Waals surface area contributed by atoms with Gasteiger partial charge in [-0.25, -0.2) is 0 Å². The number of benzene rings is 1. The van der Waals surface area contributed by atoms with Crippen molar-refractivity contribution in [3.8, 4) is 0 Å². The van der Waals surface area contributed by atoms with Crippen LogP contribution in [0, 0.1) is 0 Å². The van der Waals surface area contributed by atoms with E-state index in [4.69, 9.17) is 0 Å². The molecule has 0 spiro atoms. The molecule has 0 bridgehead atoms. The largest absolute Gasteiger partial charge is 0.356 e. The molecule has 2 aliphatic rings. The highest BCUT2D eigenvalue weighted by atomic mass is 16.3. The Morgan fingerprint density at radius 1 is 1.17 bits per heavy atom. The first-order chi connectivity index (χ1) is 8.77. The molecular weight excluding hydrogens is 228 g/mol. The third-order valence-electron chi connectivity index (χ3n) is 3.53. The third kappa shape index (κ3) is 1.78. The second-order valence-corrected chi connectivity index (χ2v) is 4.69. The average Bonchev–Trinajstić information content (AvgIpc) is 2.40. The van der Waals surface area contributed by atoms with Crippen LogP contribution in [-0.4, -0.2) is 17.4 Å². The normalized spacial score (nSPS) is 23.7. The molecule has 0 saturated heterocycles. The van der Waals surface area contributed by atoms with Crippen LogP contribution in [0.15, 0.2) is 41.6 Å². The first-order valence-electron chi connectivity index (χ1n) is 6.32. The quantitative estimate of drug-likeness (QED) is 0.791. The Morgan fingerprint density at radius 2 is 1.89 bits per heavy atom. The van der Waals surface area contributed by atoms with E-state index >= 15 is 0 Å². The maximum atomic E-state index is 12.4. The standard InChI is InChI=1S/C14H16N2O2/c17-13-11-8-4-5-9-12(11)15-14(18)16(13)10-6-2-1-3-7-10/h1-3,6-7,14-15,18H,4-5,8-9H2. The summed E-state index contributed by atoms with van der Waals surface area (Å²) in [4.78, 5) is 13.9. The number of allylic oxidation sites excluding steroid dienone is 1. The van der Waals surface area contributed by atoms with Crippen molar-refractivity contribution in [2.45, 2.75) is 32.0 Å². The van der Waals surface area contributed by atoms with Crippen LogP contribution in [-0.2, 0) is 4.79 Å². The number of carbonyl (C=O) groups excluding carboxylic acids is 1. The molecule has 1 aliphatic heterocycles. The number of aliphatic hydroxyl groups is 1. The number of nitrogens with zero attached hydrogens (tertiary/aromatic N) is 1. The van der Waals surface area contributed by atoms with E-state index in [2.05, 4.69) is 5.32 Å². The topological polar surface area (TPSA) is 52.6 Å². The van der Waals surface area contributed by atoms with E-state index in [1.165, 1.54) is 4.90 Å². The van der Waals surface area contributed by atoms with Gasteiger partial charge >= 0.3 is 0 Å². The Kier molecular flexibility index (Phi) is 2.80. The van der Waals surface area contributed by atoms with Gasteiger partial charge in [0, 0.05) is 17.0 Å². The van der Waals surface area contributed by atoms with Crippen molar-refractivity contribution in [1.82, 2.24) is 5.32 Å². The number of amides is 1. The van der Waals surface area contributed by atoms with Gasteiger partial charge in [-0.3, -0.25) is 9.69 Å². The number of hydrogen-bond acceptors (Lipinski definition) is 3. The molecule has 1 aliphatic carbocycles. The lowest BCUT2D eigenvalue weighted by molar-refractivity contribution is -0.118. The van der Waals surface area contributed by atoms with Crippen LogP contribution in [0.4, 0.5) is 5.69 Å². The lowest BCUT2D eigenvalue weighted by atomic mass is 9.93. The van der Waals surface area contributed by atoms with Gasteiger partial charge in [0.2, 0.25) is 6.35 Å². The Balaban J connectivity index is 1.98. The predicted octanol–water partition coefficient (Wildman–Crippen LogP) is 1.73. The minimum Gasteiger partial charge on any atom is -0.356 e. The zero-order chi connectivity index (χ0) is 12.5. The highest BCUT2D eigenvalue weighted by Gasteiger charge is 2.34. The maximum absolute atomic E-state index is 12.4. The molecule has 1 aromatic rings. The summed E-state index contributed by atoms with van der Waals surface area (Å²) in [5.41, 5.74) is 2.47. The summed E-state index contributed by atoms with van der Waals surface area (Å²) in [5, 5.41) is 13.1. The summed E-state index contributed by atoms with van der Waals surface area (Å²) in [7, 11) is 0. The molecule has 4 nitrogen and oxygen atoms in total. The zero-order valence-corrected chi connectivity index (χ0v) is 10.1. The molecule has 1 amide bonds. The fraction of sp³-hybridized carbons (Fsp3) is 0.357. The molecule has 0 fully saturated rings. The predicted molar refractivity (Wildman–Crippen MR) is 68.6 cm³/mol. The first-order valence-corrected chi connectivity index (χ1v) is 6.32. The van der Waals surface area contributed by atoms with Crippen molar-refractivity contribution in [3.63, 3.8) is 0 Å². The SMILES string of the molecule is O=C1C2=C(CCCC2)NC(O)N1c1ccccc1. The molecule has 1 heterocycles. The molecule has 94 valence electrons. The van der Waals surface area contributed by atoms with E-state index in [9.17, 15) is 9.90 Å². The molecule has 0 aromatic heterocycles. The first kappa shape index (κ1) is 11.3. The third-order valence-corrected chi connectivity index (χ3v) is 3.53. The van der Waals surface area contributed by atoms with Gasteiger partial charge in [-0.15, -0.1) is 0 Å². The number of carbonyl (C=O) groups is 1. The molecule has 2 N–H and O–H groups in total. The monoisotopic (exact) mass is 244 g/mol. The lowest BCUT2D eigenvalue weighted by Gasteiger charge is -2.37. The number of hydrogen-bond donors (Lipinski definition) is 2. The Labute approximate surface area is 106 Å². The van der Waals surface area contributed by atoms with Crippen LogP contribution >= 0.6 is 0 Å². The van der Waals surface area contributed by atoms with E-state index in [0.717, 1.165) is 42.6 Å². The van der Waals surface area contributed by atoms with Crippen LogP contribution < -0.4 is 10.2 Å². The summed E-state index contributed by atoms with van der Waals surface area (Å²) in [6.07, 6.45) is 2.83. The van der Waals surface area contributed by atoms with Crippen molar-refractivity contribution in [2.24, 2.45) is 0 Å². The number of aliphatic hydroxyl groups excluding tert-OH is 1. The molecule has 18 heavy (non-hydrogen) atoms. The van der Waals surface area contributed by atoms with Gasteiger partial charge in [-0.05, 0) is 37.8 Å². The smallest absolute Gasteiger partial charge is 0.259 e. The average molecular weight is 244 g/mol. The molecule has 0 saturated carbocycles. The van der Waals surface area contributed by atoms with Gasteiger partial charge in [0.05, 0.1) is 0 Å². The van der Waals surface area contributed by atoms with E-state index < -0.39 is 6.35 Å². The van der Waals surface area contributed by atoms with Crippen molar-refractivity contribution in [2.75, 3.05) is 4.90 Å². The van der Waals surface area contributed by atoms with Crippen molar-refractivity contribution >= 4 is 11.6 Å². The van der Waals surface area contributed by atoms with E-state index in [0.29, 0.717) is 0 Å². The second kappa shape index (κ2) is 4.46. The highest BCUT2D eigenvalue weighted by Crippen LogP contribution is 2.30. The van der Waals surface area contributed by atoms with Crippen molar-refractivity contribution in [1.29, 1.82) is 0 Å². The fourth-order valence-electron chi connectivity index (χ4n) is 2.62. The van der Waals surface area contributed by atoms with Crippen molar-refractivity contribution < 1.29 is 9.90 Å². The van der Waals surface area contributed by atoms with Crippen LogP contribution in [0.5, 0.6) is 0 Å². The van der Waals surface area contributed by atoms with Crippen molar-refractivity contribution in [3.05, 3.63) is 41.6 Å². The molecule has 1 atom stereocenters. The van der Waals surface area contributed by atoms with Gasteiger partial charge in [-0.2, -0.15) is 0 Å². The summed E-state index contributed by atoms with van der Waals surface area (Å²) >= 11 is 0. The second-order valence-electron chi connectivity index (χ2n) is 4.69. The molecule has 0 radical (unpaired) electrons. The minimum atomic E-state index is -0.961. The molecular formula is C14H16N2O2. The van der Waals surface area contributed by atoms with E-state index in [-0.39, 0.29) is 5.91 Å². The number of para-hydroxylation sites is 1. The Hall–Kier alpha value is -1.81. The molecule has 3 rings (SSSR count). The number of rotatable bonds is 1. The summed E-state index contributed by atoms with van der Waals surface area (Å²) in [6.45, 7) is 0. The summed E-state index contributed by atoms with van der Waals surface area (Å²) < 4.78 is 0. The Morgan fingerprint density at radius 3 is 2.67 bits per heavy atom. The lowest BCUT2D eigenvalue weighted by Crippen LogP contribution is -2.54. The Bertz CT molecular complexity index is 496. The fourth-order valence-corrected chi connectivity index (χ4v) is 2.62. The highest BCUT2D eigenvalue weighted by molar-refractivity contribution is 6.07. The zero-order valence-electron chi connectivity index (χ0n) is 10.1. The van der Waals surface area contributed by atoms with Crippen LogP contribution in [0.1, 0.15) is 25.7 Å². The van der Waals surface area contributed by atoms with Crippen LogP contribution in [0.25, 0.3) is 0 Å². The van der Waals surface area contributed by atoms with Gasteiger partial charge in [0.25, 0.3) is 5.91 Å². The molecule has 4 heteroatoms. The van der Waals surface area contributed by atoms with Crippen LogP contribution in [0.2, 0.25) is 0 Å². The van der Waals surface area contributed by atoms with Gasteiger partial charge in [-0.1, -0.05) is 18.2 Å². The maximum Gasteiger partial charge on any atom is 0.259 e. The minimum absolute atomic E-state index is 0.0675. The summed E-state index contributed by atoms with van der Waals surface area (Å²) in [6, 6.07) is 9.28. The van der Waals surface area contributed by atoms with E-state index in [1.807, 2.05) is 30.3 Å². The van der Waals surface area contributed by atoms with Crippen LogP contribution in [0.3, 0.4) is 0 Å².